The van der Waals surface area contributed by atoms with E-state index < -0.39 is 10.0 Å². The number of nitrogens with zero attached hydrogens (tertiary/aromatic N) is 3. The standard InChI is InChI=1S/C12H13N3O2S/c1-3-8-15(9-4-2)18(16,17)12-6-5-7-14-11(12)10-13/h3-7H,1-2,8-9H2. The zero-order valence-electron chi connectivity index (χ0n) is 9.78. The second-order valence-corrected chi connectivity index (χ2v) is 5.27. The molecule has 0 aromatic carbocycles. The first-order valence-corrected chi connectivity index (χ1v) is 6.59. The van der Waals surface area contributed by atoms with Crippen LogP contribution in [0, 0.1) is 11.3 Å². The molecule has 0 atom stereocenters. The lowest BCUT2D eigenvalue weighted by molar-refractivity contribution is 0.473. The van der Waals surface area contributed by atoms with Gasteiger partial charge in [0.2, 0.25) is 10.0 Å². The molecule has 0 radical (unpaired) electrons. The average Bonchev–Trinajstić information content (AvgIpc) is 2.38. The fraction of sp³-hybridized carbons (Fsp3) is 0.167. The van der Waals surface area contributed by atoms with Crippen LogP contribution in [-0.2, 0) is 10.0 Å². The van der Waals surface area contributed by atoms with Crippen LogP contribution in [0.1, 0.15) is 5.69 Å². The molecule has 0 saturated carbocycles. The van der Waals surface area contributed by atoms with Crippen LogP contribution in [0.15, 0.2) is 48.5 Å². The molecule has 1 rings (SSSR count). The van der Waals surface area contributed by atoms with E-state index in [1.807, 2.05) is 0 Å². The third-order valence-corrected chi connectivity index (χ3v) is 4.02. The number of pyridine rings is 1. The third kappa shape index (κ3) is 2.83. The van der Waals surface area contributed by atoms with E-state index in [4.69, 9.17) is 5.26 Å². The minimum absolute atomic E-state index is 0.101. The Bertz CT molecular complexity index is 578. The molecule has 0 aliphatic carbocycles. The Morgan fingerprint density at radius 3 is 2.50 bits per heavy atom. The van der Waals surface area contributed by atoms with Crippen molar-refractivity contribution in [3.8, 4) is 6.07 Å². The largest absolute Gasteiger partial charge is 0.246 e. The molecule has 0 saturated heterocycles. The van der Waals surface area contributed by atoms with Gasteiger partial charge in [0.15, 0.2) is 5.69 Å². The first-order chi connectivity index (χ1) is 8.57. The summed E-state index contributed by atoms with van der Waals surface area (Å²) in [7, 11) is -3.76. The lowest BCUT2D eigenvalue weighted by atomic mass is 10.4. The van der Waals surface area contributed by atoms with Crippen molar-refractivity contribution in [3.05, 3.63) is 49.3 Å². The Morgan fingerprint density at radius 2 is 2.00 bits per heavy atom. The summed E-state index contributed by atoms with van der Waals surface area (Å²) in [5.41, 5.74) is -0.115. The third-order valence-electron chi connectivity index (χ3n) is 2.16. The van der Waals surface area contributed by atoms with Crippen LogP contribution in [-0.4, -0.2) is 30.8 Å². The zero-order valence-corrected chi connectivity index (χ0v) is 10.6. The Morgan fingerprint density at radius 1 is 1.39 bits per heavy atom. The van der Waals surface area contributed by atoms with E-state index in [0.29, 0.717) is 0 Å². The Balaban J connectivity index is 3.31. The summed E-state index contributed by atoms with van der Waals surface area (Å²) >= 11 is 0. The smallest absolute Gasteiger partial charge is 0.244 e. The van der Waals surface area contributed by atoms with Crippen LogP contribution in [0.3, 0.4) is 0 Å². The van der Waals surface area contributed by atoms with Gasteiger partial charge in [0.1, 0.15) is 11.0 Å². The zero-order chi connectivity index (χ0) is 13.6. The summed E-state index contributed by atoms with van der Waals surface area (Å²) in [6.07, 6.45) is 4.33. The van der Waals surface area contributed by atoms with Gasteiger partial charge >= 0.3 is 0 Å². The molecule has 18 heavy (non-hydrogen) atoms. The van der Waals surface area contributed by atoms with Gasteiger partial charge in [-0.3, -0.25) is 0 Å². The number of hydrogen-bond acceptors (Lipinski definition) is 4. The van der Waals surface area contributed by atoms with Gasteiger partial charge < -0.3 is 0 Å². The fourth-order valence-electron chi connectivity index (χ4n) is 1.38. The summed E-state index contributed by atoms with van der Waals surface area (Å²) in [4.78, 5) is 3.65. The predicted octanol–water partition coefficient (Wildman–Crippen LogP) is 1.32. The predicted molar refractivity (Wildman–Crippen MR) is 68.1 cm³/mol. The first-order valence-electron chi connectivity index (χ1n) is 5.15. The van der Waals surface area contributed by atoms with E-state index in [1.54, 1.807) is 6.07 Å². The SMILES string of the molecule is C=CCN(CC=C)S(=O)(=O)c1cccnc1C#N. The maximum atomic E-state index is 12.3. The summed E-state index contributed by atoms with van der Waals surface area (Å²) < 4.78 is 25.8. The Labute approximate surface area is 107 Å². The molecule has 0 bridgehead atoms. The van der Waals surface area contributed by atoms with Gasteiger partial charge in [-0.2, -0.15) is 9.57 Å². The van der Waals surface area contributed by atoms with Gasteiger partial charge in [-0.15, -0.1) is 13.2 Å². The second-order valence-electron chi connectivity index (χ2n) is 3.36. The number of rotatable bonds is 6. The molecule has 0 spiro atoms. The topological polar surface area (TPSA) is 74.1 Å². The normalized spacial score (nSPS) is 10.9. The number of hydrogen-bond donors (Lipinski definition) is 0. The van der Waals surface area contributed by atoms with Gasteiger partial charge in [-0.1, -0.05) is 12.2 Å². The number of nitriles is 1. The molecule has 0 N–H and O–H groups in total. The van der Waals surface area contributed by atoms with Crippen LogP contribution < -0.4 is 0 Å². The molecule has 6 heteroatoms. The molecule has 0 amide bonds. The van der Waals surface area contributed by atoms with Gasteiger partial charge in [0.05, 0.1) is 0 Å². The Hall–Kier alpha value is -1.97. The monoisotopic (exact) mass is 263 g/mol. The van der Waals surface area contributed by atoms with Crippen molar-refractivity contribution in [2.45, 2.75) is 4.90 Å². The molecule has 0 aliphatic rings. The highest BCUT2D eigenvalue weighted by Crippen LogP contribution is 2.17. The van der Waals surface area contributed by atoms with E-state index in [-0.39, 0.29) is 23.7 Å². The van der Waals surface area contributed by atoms with E-state index in [1.165, 1.54) is 34.8 Å². The maximum absolute atomic E-state index is 12.3. The minimum Gasteiger partial charge on any atom is -0.244 e. The van der Waals surface area contributed by atoms with Gasteiger partial charge in [0, 0.05) is 19.3 Å². The molecule has 1 aromatic heterocycles. The van der Waals surface area contributed by atoms with Crippen LogP contribution >= 0.6 is 0 Å². The maximum Gasteiger partial charge on any atom is 0.246 e. The van der Waals surface area contributed by atoms with Crippen molar-refractivity contribution in [3.63, 3.8) is 0 Å². The quantitative estimate of drug-likeness (QED) is 0.725. The van der Waals surface area contributed by atoms with E-state index >= 15 is 0 Å². The van der Waals surface area contributed by atoms with Crippen LogP contribution in [0.5, 0.6) is 0 Å². The molecular formula is C12H13N3O2S. The van der Waals surface area contributed by atoms with Crippen molar-refractivity contribution in [2.24, 2.45) is 0 Å². The minimum atomic E-state index is -3.76. The number of aromatic nitrogens is 1. The number of sulfonamides is 1. The molecule has 0 unspecified atom stereocenters. The van der Waals surface area contributed by atoms with E-state index in [0.717, 1.165) is 0 Å². The van der Waals surface area contributed by atoms with Gasteiger partial charge in [-0.05, 0) is 12.1 Å². The molecule has 1 aromatic rings. The highest BCUT2D eigenvalue weighted by atomic mass is 32.2. The summed E-state index contributed by atoms with van der Waals surface area (Å²) in [6, 6.07) is 4.61. The van der Waals surface area contributed by atoms with Crippen molar-refractivity contribution >= 4 is 10.0 Å². The second kappa shape index (κ2) is 6.10. The average molecular weight is 263 g/mol. The van der Waals surface area contributed by atoms with E-state index in [2.05, 4.69) is 18.1 Å². The van der Waals surface area contributed by atoms with Crippen LogP contribution in [0.4, 0.5) is 0 Å². The van der Waals surface area contributed by atoms with Crippen LogP contribution in [0.2, 0.25) is 0 Å². The highest BCUT2D eigenvalue weighted by Gasteiger charge is 2.25. The van der Waals surface area contributed by atoms with Gasteiger partial charge in [0.25, 0.3) is 0 Å². The van der Waals surface area contributed by atoms with Crippen molar-refractivity contribution < 1.29 is 8.42 Å². The Kier molecular flexibility index (Phi) is 4.77. The van der Waals surface area contributed by atoms with Crippen molar-refractivity contribution in [1.82, 2.24) is 9.29 Å². The van der Waals surface area contributed by atoms with E-state index in [9.17, 15) is 8.42 Å². The first kappa shape index (κ1) is 14.1. The van der Waals surface area contributed by atoms with Crippen molar-refractivity contribution in [1.29, 1.82) is 5.26 Å². The molecule has 0 aliphatic heterocycles. The summed E-state index contributed by atoms with van der Waals surface area (Å²) in [5, 5.41) is 8.89. The fourth-order valence-corrected chi connectivity index (χ4v) is 2.86. The molecule has 0 fully saturated rings. The molecular weight excluding hydrogens is 250 g/mol. The summed E-state index contributed by atoms with van der Waals surface area (Å²) in [5.74, 6) is 0. The molecule has 1 heterocycles. The van der Waals surface area contributed by atoms with Crippen LogP contribution in [0.25, 0.3) is 0 Å². The molecule has 94 valence electrons. The summed E-state index contributed by atoms with van der Waals surface area (Å²) in [6.45, 7) is 7.32. The lowest BCUT2D eigenvalue weighted by Gasteiger charge is -2.19. The highest BCUT2D eigenvalue weighted by molar-refractivity contribution is 7.89. The van der Waals surface area contributed by atoms with Gasteiger partial charge in [-0.25, -0.2) is 13.4 Å². The van der Waals surface area contributed by atoms with Crippen molar-refractivity contribution in [2.75, 3.05) is 13.1 Å². The molecule has 5 nitrogen and oxygen atoms in total. The lowest BCUT2D eigenvalue weighted by Crippen LogP contribution is -2.32.